The number of imidazole rings is 1. The fraction of sp³-hybridized carbons (Fsp3) is 0.571. The highest BCUT2D eigenvalue weighted by Crippen LogP contribution is 2.32. The van der Waals surface area contributed by atoms with Gasteiger partial charge in [-0.1, -0.05) is 20.8 Å². The first-order valence-corrected chi connectivity index (χ1v) is 6.62. The predicted molar refractivity (Wildman–Crippen MR) is 78.0 cm³/mol. The van der Waals surface area contributed by atoms with E-state index < -0.39 is 0 Å². The number of nitrogens with zero attached hydrogens (tertiary/aromatic N) is 4. The van der Waals surface area contributed by atoms with Crippen molar-refractivity contribution < 1.29 is 0 Å². The minimum absolute atomic E-state index is 0.0293. The van der Waals surface area contributed by atoms with E-state index in [4.69, 9.17) is 10.7 Å². The molecule has 2 aromatic heterocycles. The van der Waals surface area contributed by atoms with Crippen LogP contribution in [0.5, 0.6) is 0 Å². The lowest BCUT2D eigenvalue weighted by atomic mass is 9.95. The van der Waals surface area contributed by atoms with Crippen molar-refractivity contribution in [2.75, 3.05) is 5.73 Å². The number of anilines is 1. The van der Waals surface area contributed by atoms with Crippen molar-refractivity contribution >= 4 is 5.82 Å². The van der Waals surface area contributed by atoms with Gasteiger partial charge in [0, 0.05) is 30.8 Å². The molecule has 0 spiro atoms. The average molecular weight is 261 g/mol. The topological polar surface area (TPSA) is 61.7 Å². The van der Waals surface area contributed by atoms with Gasteiger partial charge in [-0.05, 0) is 13.8 Å². The lowest BCUT2D eigenvalue weighted by Crippen LogP contribution is -2.19. The summed E-state index contributed by atoms with van der Waals surface area (Å²) in [4.78, 5) is 4.78. The van der Waals surface area contributed by atoms with E-state index in [2.05, 4.69) is 37.4 Å². The van der Waals surface area contributed by atoms with Crippen LogP contribution in [0.25, 0.3) is 11.3 Å². The van der Waals surface area contributed by atoms with Crippen LogP contribution in [-0.4, -0.2) is 19.3 Å². The van der Waals surface area contributed by atoms with Gasteiger partial charge in [0.2, 0.25) is 0 Å². The number of aromatic nitrogens is 4. The van der Waals surface area contributed by atoms with E-state index in [-0.39, 0.29) is 5.41 Å². The number of nitrogen functional groups attached to an aromatic ring is 1. The highest BCUT2D eigenvalue weighted by molar-refractivity contribution is 5.72. The molecule has 0 bridgehead atoms. The molecule has 0 amide bonds. The molecule has 19 heavy (non-hydrogen) atoms. The second-order valence-electron chi connectivity index (χ2n) is 5.97. The third-order valence-electron chi connectivity index (χ3n) is 3.26. The third kappa shape index (κ3) is 2.25. The molecule has 0 saturated heterocycles. The Balaban J connectivity index is 2.66. The fourth-order valence-corrected chi connectivity index (χ4v) is 2.39. The quantitative estimate of drug-likeness (QED) is 0.903. The maximum atomic E-state index is 6.28. The van der Waals surface area contributed by atoms with Crippen LogP contribution in [0.1, 0.15) is 39.2 Å². The Morgan fingerprint density at radius 1 is 1.32 bits per heavy atom. The molecule has 104 valence electrons. The van der Waals surface area contributed by atoms with E-state index in [1.54, 1.807) is 4.68 Å². The zero-order chi connectivity index (χ0) is 14.4. The van der Waals surface area contributed by atoms with Crippen LogP contribution in [0, 0.1) is 6.92 Å². The second kappa shape index (κ2) is 4.40. The first-order chi connectivity index (χ1) is 8.75. The fourth-order valence-electron chi connectivity index (χ4n) is 2.39. The van der Waals surface area contributed by atoms with Crippen molar-refractivity contribution in [1.82, 2.24) is 19.3 Å². The Hall–Kier alpha value is -1.78. The maximum absolute atomic E-state index is 6.28. The third-order valence-corrected chi connectivity index (χ3v) is 3.26. The molecule has 0 unspecified atom stereocenters. The lowest BCUT2D eigenvalue weighted by Gasteiger charge is -2.19. The monoisotopic (exact) mass is 261 g/mol. The van der Waals surface area contributed by atoms with Gasteiger partial charge >= 0.3 is 0 Å². The number of hydrogen-bond donors (Lipinski definition) is 1. The summed E-state index contributed by atoms with van der Waals surface area (Å²) in [6.07, 6.45) is 1.97. The van der Waals surface area contributed by atoms with E-state index >= 15 is 0 Å². The van der Waals surface area contributed by atoms with Gasteiger partial charge in [0.25, 0.3) is 0 Å². The van der Waals surface area contributed by atoms with Crippen LogP contribution >= 0.6 is 0 Å². The van der Waals surface area contributed by atoms with Gasteiger partial charge < -0.3 is 10.3 Å². The van der Waals surface area contributed by atoms with Crippen molar-refractivity contribution in [3.05, 3.63) is 17.7 Å². The summed E-state index contributed by atoms with van der Waals surface area (Å²) in [7, 11) is 1.91. The number of aryl methyl sites for hydroxylation is 2. The minimum atomic E-state index is -0.0293. The summed E-state index contributed by atoms with van der Waals surface area (Å²) in [5, 5.41) is 4.37. The smallest absolute Gasteiger partial charge is 0.131 e. The summed E-state index contributed by atoms with van der Waals surface area (Å²) in [6.45, 7) is 11.4. The van der Waals surface area contributed by atoms with E-state index in [1.165, 1.54) is 0 Å². The van der Waals surface area contributed by atoms with Gasteiger partial charge in [-0.3, -0.25) is 4.68 Å². The Labute approximate surface area is 114 Å². The SMILES string of the molecule is CCn1c(C(C)(C)C)nc(-c2cn(C)nc2C)c1N. The molecular formula is C14H23N5. The molecule has 0 aliphatic carbocycles. The summed E-state index contributed by atoms with van der Waals surface area (Å²) in [5.74, 6) is 1.74. The lowest BCUT2D eigenvalue weighted by molar-refractivity contribution is 0.508. The Morgan fingerprint density at radius 3 is 2.32 bits per heavy atom. The number of rotatable bonds is 2. The molecule has 2 rings (SSSR count). The van der Waals surface area contributed by atoms with Crippen molar-refractivity contribution in [2.45, 2.75) is 46.6 Å². The average Bonchev–Trinajstić information content (AvgIpc) is 2.78. The van der Waals surface area contributed by atoms with Crippen LogP contribution in [0.3, 0.4) is 0 Å². The number of nitrogens with two attached hydrogens (primary N) is 1. The van der Waals surface area contributed by atoms with Gasteiger partial charge in [0.05, 0.1) is 5.69 Å². The van der Waals surface area contributed by atoms with E-state index in [0.717, 1.165) is 35.1 Å². The summed E-state index contributed by atoms with van der Waals surface area (Å²) >= 11 is 0. The van der Waals surface area contributed by atoms with Crippen LogP contribution in [0.4, 0.5) is 5.82 Å². The molecule has 5 heteroatoms. The standard InChI is InChI=1S/C14H23N5/c1-7-19-12(15)11(16-13(19)14(3,4)5)10-8-18(6)17-9(10)2/h8H,7,15H2,1-6H3. The van der Waals surface area contributed by atoms with E-state index in [0.29, 0.717) is 0 Å². The zero-order valence-electron chi connectivity index (χ0n) is 12.7. The van der Waals surface area contributed by atoms with Gasteiger partial charge in [0.1, 0.15) is 17.3 Å². The highest BCUT2D eigenvalue weighted by Gasteiger charge is 2.25. The molecule has 2 heterocycles. The van der Waals surface area contributed by atoms with E-state index in [1.807, 2.05) is 20.2 Å². The Morgan fingerprint density at radius 2 is 1.95 bits per heavy atom. The van der Waals surface area contributed by atoms with Gasteiger partial charge in [0.15, 0.2) is 0 Å². The first kappa shape index (κ1) is 13.6. The largest absolute Gasteiger partial charge is 0.383 e. The Bertz CT molecular complexity index is 598. The van der Waals surface area contributed by atoms with Crippen molar-refractivity contribution in [2.24, 2.45) is 7.05 Å². The second-order valence-corrected chi connectivity index (χ2v) is 5.97. The predicted octanol–water partition coefficient (Wildman–Crippen LogP) is 2.49. The molecular weight excluding hydrogens is 238 g/mol. The summed E-state index contributed by atoms with van der Waals surface area (Å²) < 4.78 is 3.88. The van der Waals surface area contributed by atoms with Crippen molar-refractivity contribution in [3.63, 3.8) is 0 Å². The summed E-state index contributed by atoms with van der Waals surface area (Å²) in [5.41, 5.74) is 9.07. The van der Waals surface area contributed by atoms with Crippen molar-refractivity contribution in [1.29, 1.82) is 0 Å². The maximum Gasteiger partial charge on any atom is 0.131 e. The van der Waals surface area contributed by atoms with Gasteiger partial charge in [-0.2, -0.15) is 5.10 Å². The van der Waals surface area contributed by atoms with Crippen LogP contribution < -0.4 is 5.73 Å². The van der Waals surface area contributed by atoms with Crippen molar-refractivity contribution in [3.8, 4) is 11.3 Å². The van der Waals surface area contributed by atoms with Crippen LogP contribution in [-0.2, 0) is 19.0 Å². The highest BCUT2D eigenvalue weighted by atomic mass is 15.3. The molecule has 0 atom stereocenters. The molecule has 5 nitrogen and oxygen atoms in total. The number of hydrogen-bond acceptors (Lipinski definition) is 3. The Kier molecular flexibility index (Phi) is 3.16. The molecule has 0 aliphatic heterocycles. The molecule has 2 aromatic rings. The van der Waals surface area contributed by atoms with Crippen LogP contribution in [0.15, 0.2) is 6.20 Å². The van der Waals surface area contributed by atoms with Crippen LogP contribution in [0.2, 0.25) is 0 Å². The molecule has 0 aliphatic rings. The molecule has 0 saturated carbocycles. The zero-order valence-corrected chi connectivity index (χ0v) is 12.7. The normalized spacial score (nSPS) is 12.1. The van der Waals surface area contributed by atoms with Gasteiger partial charge in [-0.25, -0.2) is 4.98 Å². The summed E-state index contributed by atoms with van der Waals surface area (Å²) in [6, 6.07) is 0. The van der Waals surface area contributed by atoms with Gasteiger partial charge in [-0.15, -0.1) is 0 Å². The molecule has 0 aromatic carbocycles. The van der Waals surface area contributed by atoms with E-state index in [9.17, 15) is 0 Å². The molecule has 0 radical (unpaired) electrons. The minimum Gasteiger partial charge on any atom is -0.383 e. The molecule has 2 N–H and O–H groups in total. The molecule has 0 fully saturated rings. The first-order valence-electron chi connectivity index (χ1n) is 6.62.